The van der Waals surface area contributed by atoms with E-state index in [2.05, 4.69) is 0 Å². The van der Waals surface area contributed by atoms with Crippen molar-refractivity contribution in [2.24, 2.45) is 5.92 Å². The number of carboxylic acids is 2. The van der Waals surface area contributed by atoms with Gasteiger partial charge in [-0.1, -0.05) is 0 Å². The van der Waals surface area contributed by atoms with Crippen molar-refractivity contribution >= 4 is 18.2 Å². The van der Waals surface area contributed by atoms with E-state index in [1.54, 1.807) is 0 Å². The smallest absolute Gasteiger partial charge is 0.306 e. The van der Waals surface area contributed by atoms with Gasteiger partial charge in [0.1, 0.15) is 6.29 Å². The number of aliphatic carboxylic acids is 2. The molecule has 0 aliphatic carbocycles. The van der Waals surface area contributed by atoms with E-state index in [1.165, 1.54) is 0 Å². The fourth-order valence-corrected chi connectivity index (χ4v) is 0.756. The average molecular weight is 174 g/mol. The first-order valence-electron chi connectivity index (χ1n) is 3.46. The van der Waals surface area contributed by atoms with Gasteiger partial charge in [-0.25, -0.2) is 0 Å². The molecular formula is C7H10O5. The first kappa shape index (κ1) is 10.6. The number of aldehydes is 1. The average Bonchev–Trinajstić information content (AvgIpc) is 1.96. The van der Waals surface area contributed by atoms with E-state index < -0.39 is 17.9 Å². The highest BCUT2D eigenvalue weighted by Crippen LogP contribution is 2.09. The van der Waals surface area contributed by atoms with Crippen molar-refractivity contribution < 1.29 is 24.6 Å². The lowest BCUT2D eigenvalue weighted by molar-refractivity contribution is -0.144. The van der Waals surface area contributed by atoms with Crippen LogP contribution in [0, 0.1) is 5.92 Å². The summed E-state index contributed by atoms with van der Waals surface area (Å²) in [6.45, 7) is 0. The number of carboxylic acid groups (broad SMARTS) is 2. The Labute approximate surface area is 69.0 Å². The molecule has 0 heterocycles. The van der Waals surface area contributed by atoms with E-state index in [0.29, 0.717) is 6.29 Å². The molecule has 0 aromatic heterocycles. The van der Waals surface area contributed by atoms with E-state index in [9.17, 15) is 14.4 Å². The summed E-state index contributed by atoms with van der Waals surface area (Å²) < 4.78 is 0. The fourth-order valence-electron chi connectivity index (χ4n) is 0.756. The van der Waals surface area contributed by atoms with Gasteiger partial charge in [0.25, 0.3) is 0 Å². The van der Waals surface area contributed by atoms with Crippen molar-refractivity contribution in [3.8, 4) is 0 Å². The van der Waals surface area contributed by atoms with E-state index in [-0.39, 0.29) is 19.3 Å². The molecule has 0 bridgehead atoms. The largest absolute Gasteiger partial charge is 0.481 e. The first-order valence-corrected chi connectivity index (χ1v) is 3.46. The molecule has 5 nitrogen and oxygen atoms in total. The van der Waals surface area contributed by atoms with Crippen LogP contribution in [0.1, 0.15) is 19.3 Å². The summed E-state index contributed by atoms with van der Waals surface area (Å²) in [6.07, 6.45) is 0.150. The molecule has 0 rings (SSSR count). The van der Waals surface area contributed by atoms with Crippen LogP contribution in [0.5, 0.6) is 0 Å². The van der Waals surface area contributed by atoms with Gasteiger partial charge in [0.15, 0.2) is 0 Å². The predicted octanol–water partition coefficient (Wildman–Crippen LogP) is 0.141. The minimum atomic E-state index is -1.12. The monoisotopic (exact) mass is 174 g/mol. The molecule has 1 atom stereocenters. The van der Waals surface area contributed by atoms with Crippen molar-refractivity contribution in [2.75, 3.05) is 0 Å². The van der Waals surface area contributed by atoms with Crippen LogP contribution < -0.4 is 0 Å². The molecule has 0 saturated heterocycles. The van der Waals surface area contributed by atoms with E-state index in [0.717, 1.165) is 0 Å². The summed E-state index contributed by atoms with van der Waals surface area (Å²) in [7, 11) is 0. The minimum Gasteiger partial charge on any atom is -0.481 e. The Bertz CT molecular complexity index is 186. The summed E-state index contributed by atoms with van der Waals surface area (Å²) in [6, 6.07) is 0. The van der Waals surface area contributed by atoms with Crippen molar-refractivity contribution in [3.63, 3.8) is 0 Å². The quantitative estimate of drug-likeness (QED) is 0.559. The van der Waals surface area contributed by atoms with Crippen LogP contribution in [0.4, 0.5) is 0 Å². The number of hydrogen-bond acceptors (Lipinski definition) is 3. The van der Waals surface area contributed by atoms with Gasteiger partial charge in [-0.3, -0.25) is 9.59 Å². The molecule has 0 aliphatic heterocycles. The lowest BCUT2D eigenvalue weighted by atomic mass is 10.0. The van der Waals surface area contributed by atoms with Gasteiger partial charge < -0.3 is 15.0 Å². The third-order valence-corrected chi connectivity index (χ3v) is 1.44. The molecule has 0 radical (unpaired) electrons. The normalized spacial score (nSPS) is 12.0. The van der Waals surface area contributed by atoms with Crippen LogP contribution in [0.3, 0.4) is 0 Å². The summed E-state index contributed by atoms with van der Waals surface area (Å²) in [5, 5.41) is 16.7. The molecular weight excluding hydrogens is 164 g/mol. The van der Waals surface area contributed by atoms with Gasteiger partial charge in [0, 0.05) is 12.8 Å². The number of hydrogen-bond donors (Lipinski definition) is 2. The maximum Gasteiger partial charge on any atom is 0.306 e. The number of carbonyl (C=O) groups excluding carboxylic acids is 1. The molecule has 0 aromatic rings. The van der Waals surface area contributed by atoms with Gasteiger partial charge in [0.2, 0.25) is 0 Å². The summed E-state index contributed by atoms with van der Waals surface area (Å²) in [5.74, 6) is -3.03. The van der Waals surface area contributed by atoms with Gasteiger partial charge in [-0.2, -0.15) is 0 Å². The Morgan fingerprint density at radius 1 is 1.33 bits per heavy atom. The highest BCUT2D eigenvalue weighted by Gasteiger charge is 2.17. The molecule has 1 unspecified atom stereocenters. The van der Waals surface area contributed by atoms with Gasteiger partial charge in [-0.05, 0) is 6.42 Å². The summed E-state index contributed by atoms with van der Waals surface area (Å²) in [5.41, 5.74) is 0. The van der Waals surface area contributed by atoms with Gasteiger partial charge in [0.05, 0.1) is 5.92 Å². The Morgan fingerprint density at radius 2 is 1.92 bits per heavy atom. The molecule has 0 fully saturated rings. The lowest BCUT2D eigenvalue weighted by Gasteiger charge is -2.05. The second kappa shape index (κ2) is 5.29. The molecule has 0 aromatic carbocycles. The second-order valence-electron chi connectivity index (χ2n) is 2.37. The minimum absolute atomic E-state index is 0.00338. The van der Waals surface area contributed by atoms with Crippen LogP contribution in [-0.2, 0) is 14.4 Å². The standard InChI is InChI=1S/C7H10O5/c8-4-3-5(7(11)12)1-2-6(9)10/h4-5H,1-3H2,(H,9,10)(H,11,12). The third kappa shape index (κ3) is 4.43. The van der Waals surface area contributed by atoms with Crippen LogP contribution in [-0.4, -0.2) is 28.4 Å². The van der Waals surface area contributed by atoms with Crippen molar-refractivity contribution in [1.82, 2.24) is 0 Å². The van der Waals surface area contributed by atoms with E-state index >= 15 is 0 Å². The molecule has 0 amide bonds. The lowest BCUT2D eigenvalue weighted by Crippen LogP contribution is -2.15. The molecule has 0 spiro atoms. The highest BCUT2D eigenvalue weighted by atomic mass is 16.4. The maximum absolute atomic E-state index is 10.4. The highest BCUT2D eigenvalue weighted by molar-refractivity contribution is 5.74. The zero-order chi connectivity index (χ0) is 9.56. The predicted molar refractivity (Wildman–Crippen MR) is 38.7 cm³/mol. The zero-order valence-electron chi connectivity index (χ0n) is 6.40. The number of rotatable bonds is 6. The van der Waals surface area contributed by atoms with Gasteiger partial charge >= 0.3 is 11.9 Å². The summed E-state index contributed by atoms with van der Waals surface area (Å²) >= 11 is 0. The fraction of sp³-hybridized carbons (Fsp3) is 0.571. The van der Waals surface area contributed by atoms with Crippen LogP contribution in [0.2, 0.25) is 0 Å². The van der Waals surface area contributed by atoms with Crippen molar-refractivity contribution in [3.05, 3.63) is 0 Å². The van der Waals surface area contributed by atoms with Crippen LogP contribution >= 0.6 is 0 Å². The van der Waals surface area contributed by atoms with E-state index in [4.69, 9.17) is 10.2 Å². The van der Waals surface area contributed by atoms with Crippen LogP contribution in [0.15, 0.2) is 0 Å². The Hall–Kier alpha value is -1.39. The topological polar surface area (TPSA) is 91.7 Å². The van der Waals surface area contributed by atoms with Crippen LogP contribution in [0.25, 0.3) is 0 Å². The first-order chi connectivity index (χ1) is 5.57. The van der Waals surface area contributed by atoms with Crippen molar-refractivity contribution in [2.45, 2.75) is 19.3 Å². The Morgan fingerprint density at radius 3 is 2.25 bits per heavy atom. The molecule has 0 aliphatic rings. The van der Waals surface area contributed by atoms with E-state index in [1.807, 2.05) is 0 Å². The third-order valence-electron chi connectivity index (χ3n) is 1.44. The summed E-state index contributed by atoms with van der Waals surface area (Å²) in [4.78, 5) is 30.4. The molecule has 68 valence electrons. The second-order valence-corrected chi connectivity index (χ2v) is 2.37. The molecule has 12 heavy (non-hydrogen) atoms. The van der Waals surface area contributed by atoms with Gasteiger partial charge in [-0.15, -0.1) is 0 Å². The zero-order valence-corrected chi connectivity index (χ0v) is 6.40. The Balaban J connectivity index is 3.86. The van der Waals surface area contributed by atoms with Crippen molar-refractivity contribution in [1.29, 1.82) is 0 Å². The molecule has 2 N–H and O–H groups in total. The number of carbonyl (C=O) groups is 3. The Kier molecular flexibility index (Phi) is 4.67. The molecule has 0 saturated carbocycles. The maximum atomic E-state index is 10.4. The molecule has 5 heteroatoms. The SMILES string of the molecule is O=CCC(CCC(=O)O)C(=O)O.